The Morgan fingerprint density at radius 2 is 2.12 bits per heavy atom. The Balaban J connectivity index is 2.22. The SMILES string of the molecule is Cc1cc(C(=O)N(CCC(=O)O)CC2CCCO2)c(C)n1C(C)C. The molecule has 1 aliphatic heterocycles. The zero-order valence-corrected chi connectivity index (χ0v) is 15.0. The van der Waals surface area contributed by atoms with Gasteiger partial charge in [-0.05, 0) is 46.6 Å². The molecule has 2 rings (SSSR count). The molecule has 1 aliphatic rings. The lowest BCUT2D eigenvalue weighted by Gasteiger charge is -2.25. The quantitative estimate of drug-likeness (QED) is 0.831. The van der Waals surface area contributed by atoms with Crippen molar-refractivity contribution in [1.29, 1.82) is 0 Å². The number of carbonyl (C=O) groups excluding carboxylic acids is 1. The second-order valence-corrected chi connectivity index (χ2v) is 6.78. The molecular weight excluding hydrogens is 308 g/mol. The number of aryl methyl sites for hydroxylation is 1. The van der Waals surface area contributed by atoms with Gasteiger partial charge in [-0.3, -0.25) is 9.59 Å². The van der Waals surface area contributed by atoms with Crippen molar-refractivity contribution >= 4 is 11.9 Å². The Hall–Kier alpha value is -1.82. The van der Waals surface area contributed by atoms with E-state index in [2.05, 4.69) is 18.4 Å². The molecular formula is C18H28N2O4. The van der Waals surface area contributed by atoms with E-state index in [1.54, 1.807) is 4.90 Å². The second kappa shape index (κ2) is 7.83. The largest absolute Gasteiger partial charge is 0.481 e. The minimum Gasteiger partial charge on any atom is -0.481 e. The van der Waals surface area contributed by atoms with Crippen molar-refractivity contribution < 1.29 is 19.4 Å². The van der Waals surface area contributed by atoms with Crippen LogP contribution >= 0.6 is 0 Å². The van der Waals surface area contributed by atoms with Crippen LogP contribution in [0.15, 0.2) is 6.07 Å². The van der Waals surface area contributed by atoms with Gasteiger partial charge in [-0.25, -0.2) is 0 Å². The first-order valence-electron chi connectivity index (χ1n) is 8.62. The number of rotatable bonds is 7. The van der Waals surface area contributed by atoms with Crippen molar-refractivity contribution in [3.05, 3.63) is 23.0 Å². The second-order valence-electron chi connectivity index (χ2n) is 6.78. The molecule has 0 saturated carbocycles. The van der Waals surface area contributed by atoms with Gasteiger partial charge in [-0.15, -0.1) is 0 Å². The number of aromatic nitrogens is 1. The van der Waals surface area contributed by atoms with Crippen LogP contribution < -0.4 is 0 Å². The van der Waals surface area contributed by atoms with Crippen molar-refractivity contribution in [2.45, 2.75) is 59.1 Å². The van der Waals surface area contributed by atoms with E-state index in [1.807, 2.05) is 19.9 Å². The van der Waals surface area contributed by atoms with Crippen LogP contribution in [0.4, 0.5) is 0 Å². The third-order valence-electron chi connectivity index (χ3n) is 4.56. The van der Waals surface area contributed by atoms with Gasteiger partial charge in [0.2, 0.25) is 0 Å². The predicted molar refractivity (Wildman–Crippen MR) is 91.4 cm³/mol. The summed E-state index contributed by atoms with van der Waals surface area (Å²) >= 11 is 0. The van der Waals surface area contributed by atoms with E-state index in [9.17, 15) is 9.59 Å². The Bertz CT molecular complexity index is 600. The van der Waals surface area contributed by atoms with Crippen LogP contribution in [0.2, 0.25) is 0 Å². The molecule has 6 heteroatoms. The molecule has 0 aliphatic carbocycles. The standard InChI is InChI=1S/C18H28N2O4/c1-12(2)20-13(3)10-16(14(20)4)18(23)19(8-7-17(21)22)11-15-6-5-9-24-15/h10,12,15H,5-9,11H2,1-4H3,(H,21,22). The van der Waals surface area contributed by atoms with Gasteiger partial charge >= 0.3 is 5.97 Å². The first kappa shape index (κ1) is 18.5. The molecule has 2 heterocycles. The van der Waals surface area contributed by atoms with Crippen molar-refractivity contribution in [2.24, 2.45) is 0 Å². The fourth-order valence-electron chi connectivity index (χ4n) is 3.50. The minimum atomic E-state index is -0.896. The van der Waals surface area contributed by atoms with Crippen LogP contribution in [0.3, 0.4) is 0 Å². The van der Waals surface area contributed by atoms with Gasteiger partial charge in [-0.1, -0.05) is 0 Å². The van der Waals surface area contributed by atoms with Gasteiger partial charge in [0.05, 0.1) is 18.1 Å². The molecule has 0 spiro atoms. The first-order valence-corrected chi connectivity index (χ1v) is 8.62. The summed E-state index contributed by atoms with van der Waals surface area (Å²) in [5.41, 5.74) is 2.63. The van der Waals surface area contributed by atoms with Crippen LogP contribution in [0.25, 0.3) is 0 Å². The molecule has 0 bridgehead atoms. The van der Waals surface area contributed by atoms with Gasteiger partial charge in [0.15, 0.2) is 0 Å². The molecule has 1 amide bonds. The smallest absolute Gasteiger partial charge is 0.305 e. The topological polar surface area (TPSA) is 71.8 Å². The maximum absolute atomic E-state index is 13.0. The number of hydrogen-bond acceptors (Lipinski definition) is 3. The average molecular weight is 336 g/mol. The number of carboxylic acid groups (broad SMARTS) is 1. The molecule has 1 unspecified atom stereocenters. The van der Waals surface area contributed by atoms with Crippen molar-refractivity contribution in [3.63, 3.8) is 0 Å². The average Bonchev–Trinajstić information content (AvgIpc) is 3.10. The highest BCUT2D eigenvalue weighted by molar-refractivity contribution is 5.96. The van der Waals surface area contributed by atoms with Crippen molar-refractivity contribution in [1.82, 2.24) is 9.47 Å². The Morgan fingerprint density at radius 3 is 2.62 bits per heavy atom. The molecule has 134 valence electrons. The molecule has 1 aromatic heterocycles. The zero-order valence-electron chi connectivity index (χ0n) is 15.0. The molecule has 6 nitrogen and oxygen atoms in total. The van der Waals surface area contributed by atoms with Crippen LogP contribution in [-0.2, 0) is 9.53 Å². The molecule has 0 aromatic carbocycles. The first-order chi connectivity index (χ1) is 11.3. The summed E-state index contributed by atoms with van der Waals surface area (Å²) in [6, 6.07) is 2.18. The Kier molecular flexibility index (Phi) is 6.04. The summed E-state index contributed by atoms with van der Waals surface area (Å²) in [5, 5.41) is 8.98. The predicted octanol–water partition coefficient (Wildman–Crippen LogP) is 2.78. The summed E-state index contributed by atoms with van der Waals surface area (Å²) in [6.07, 6.45) is 1.87. The monoisotopic (exact) mass is 336 g/mol. The number of amides is 1. The molecule has 1 N–H and O–H groups in total. The molecule has 1 aromatic rings. The van der Waals surface area contributed by atoms with Crippen molar-refractivity contribution in [2.75, 3.05) is 19.7 Å². The van der Waals surface area contributed by atoms with Gasteiger partial charge in [0, 0.05) is 37.1 Å². The number of ether oxygens (including phenoxy) is 1. The minimum absolute atomic E-state index is 0.0105. The van der Waals surface area contributed by atoms with Gasteiger partial charge < -0.3 is 19.3 Å². The lowest BCUT2D eigenvalue weighted by molar-refractivity contribution is -0.137. The molecule has 24 heavy (non-hydrogen) atoms. The number of aliphatic carboxylic acids is 1. The van der Waals surface area contributed by atoms with Crippen LogP contribution in [-0.4, -0.2) is 52.3 Å². The molecule has 1 saturated heterocycles. The van der Waals surface area contributed by atoms with E-state index in [0.29, 0.717) is 18.7 Å². The van der Waals surface area contributed by atoms with Gasteiger partial charge in [0.25, 0.3) is 5.91 Å². The molecule has 1 fully saturated rings. The normalized spacial score (nSPS) is 17.5. The van der Waals surface area contributed by atoms with E-state index in [4.69, 9.17) is 9.84 Å². The zero-order chi connectivity index (χ0) is 17.9. The highest BCUT2D eigenvalue weighted by Crippen LogP contribution is 2.22. The van der Waals surface area contributed by atoms with E-state index in [0.717, 1.165) is 24.2 Å². The van der Waals surface area contributed by atoms with Gasteiger partial charge in [-0.2, -0.15) is 0 Å². The van der Waals surface area contributed by atoms with Crippen molar-refractivity contribution in [3.8, 4) is 0 Å². The fourth-order valence-corrected chi connectivity index (χ4v) is 3.50. The van der Waals surface area contributed by atoms with Crippen LogP contribution in [0, 0.1) is 13.8 Å². The van der Waals surface area contributed by atoms with E-state index >= 15 is 0 Å². The lowest BCUT2D eigenvalue weighted by atomic mass is 10.1. The lowest BCUT2D eigenvalue weighted by Crippen LogP contribution is -2.39. The fraction of sp³-hybridized carbons (Fsp3) is 0.667. The van der Waals surface area contributed by atoms with E-state index < -0.39 is 5.97 Å². The van der Waals surface area contributed by atoms with E-state index in [1.165, 1.54) is 0 Å². The molecule has 0 radical (unpaired) electrons. The highest BCUT2D eigenvalue weighted by atomic mass is 16.5. The summed E-state index contributed by atoms with van der Waals surface area (Å²) in [5.74, 6) is -1.00. The van der Waals surface area contributed by atoms with Gasteiger partial charge in [0.1, 0.15) is 0 Å². The maximum Gasteiger partial charge on any atom is 0.305 e. The summed E-state index contributed by atoms with van der Waals surface area (Å²) in [6.45, 7) is 9.49. The number of carbonyl (C=O) groups is 2. The molecule has 1 atom stereocenters. The number of nitrogens with zero attached hydrogens (tertiary/aromatic N) is 2. The third-order valence-corrected chi connectivity index (χ3v) is 4.56. The maximum atomic E-state index is 13.0. The number of hydrogen-bond donors (Lipinski definition) is 1. The summed E-state index contributed by atoms with van der Waals surface area (Å²) in [7, 11) is 0. The Morgan fingerprint density at radius 1 is 1.42 bits per heavy atom. The highest BCUT2D eigenvalue weighted by Gasteiger charge is 2.26. The summed E-state index contributed by atoms with van der Waals surface area (Å²) < 4.78 is 7.76. The van der Waals surface area contributed by atoms with Crippen LogP contribution in [0.5, 0.6) is 0 Å². The van der Waals surface area contributed by atoms with Crippen LogP contribution in [0.1, 0.15) is 60.9 Å². The van der Waals surface area contributed by atoms with E-state index in [-0.39, 0.29) is 31.0 Å². The number of carboxylic acids is 1. The Labute approximate surface area is 143 Å². The third kappa shape index (κ3) is 4.17. The summed E-state index contributed by atoms with van der Waals surface area (Å²) in [4.78, 5) is 25.6.